The van der Waals surface area contributed by atoms with Crippen LogP contribution in [0.5, 0.6) is 0 Å². The normalized spacial score (nSPS) is 16.9. The first-order valence-corrected chi connectivity index (χ1v) is 5.72. The highest BCUT2D eigenvalue weighted by Gasteiger charge is 2.11. The van der Waals surface area contributed by atoms with Crippen LogP contribution in [0.4, 0.5) is 0 Å². The van der Waals surface area contributed by atoms with Crippen LogP contribution in [0.1, 0.15) is 30.0 Å². The standard InChI is InChI=1S/C11H13NOS/c1-8-7-14-11(12-8)6-9-2-4-10(13)5-3-9/h2,7H,3-6H2,1H3. The van der Waals surface area contributed by atoms with Crippen LogP contribution in [0.25, 0.3) is 0 Å². The second-order valence-electron chi connectivity index (χ2n) is 3.66. The Bertz CT molecular complexity index is 378. The summed E-state index contributed by atoms with van der Waals surface area (Å²) < 4.78 is 0. The molecule has 0 unspecified atom stereocenters. The third kappa shape index (κ3) is 2.29. The number of Topliss-reactive ketones (excluding diaryl/α,β-unsaturated/α-hetero) is 1. The van der Waals surface area contributed by atoms with E-state index in [1.165, 1.54) is 10.6 Å². The van der Waals surface area contributed by atoms with Crippen LogP contribution in [0.15, 0.2) is 17.0 Å². The van der Waals surface area contributed by atoms with Crippen molar-refractivity contribution in [2.45, 2.75) is 32.6 Å². The molecule has 0 spiro atoms. The summed E-state index contributed by atoms with van der Waals surface area (Å²) in [7, 11) is 0. The fourth-order valence-corrected chi connectivity index (χ4v) is 2.43. The lowest BCUT2D eigenvalue weighted by Crippen LogP contribution is -2.05. The van der Waals surface area contributed by atoms with Crippen molar-refractivity contribution < 1.29 is 4.79 Å². The van der Waals surface area contributed by atoms with Gasteiger partial charge in [0.1, 0.15) is 5.78 Å². The molecule has 74 valence electrons. The molecule has 3 heteroatoms. The van der Waals surface area contributed by atoms with E-state index in [0.717, 1.165) is 25.0 Å². The number of carbonyl (C=O) groups excluding carboxylic acids is 1. The third-order valence-corrected chi connectivity index (χ3v) is 3.35. The second-order valence-corrected chi connectivity index (χ2v) is 4.61. The van der Waals surface area contributed by atoms with Gasteiger partial charge >= 0.3 is 0 Å². The first-order chi connectivity index (χ1) is 6.74. The molecule has 2 rings (SSSR count). The fourth-order valence-electron chi connectivity index (χ4n) is 1.60. The van der Waals surface area contributed by atoms with E-state index in [1.54, 1.807) is 11.3 Å². The monoisotopic (exact) mass is 207 g/mol. The number of thiazole rings is 1. The number of rotatable bonds is 2. The quantitative estimate of drug-likeness (QED) is 0.698. The van der Waals surface area contributed by atoms with Gasteiger partial charge in [0.2, 0.25) is 0 Å². The van der Waals surface area contributed by atoms with Gasteiger partial charge in [-0.3, -0.25) is 4.79 Å². The van der Waals surface area contributed by atoms with E-state index in [4.69, 9.17) is 0 Å². The molecule has 0 radical (unpaired) electrons. The molecule has 2 nitrogen and oxygen atoms in total. The summed E-state index contributed by atoms with van der Waals surface area (Å²) in [5.41, 5.74) is 2.47. The Hall–Kier alpha value is -0.960. The molecule has 0 aliphatic heterocycles. The van der Waals surface area contributed by atoms with Crippen molar-refractivity contribution in [3.05, 3.63) is 27.7 Å². The summed E-state index contributed by atoms with van der Waals surface area (Å²) in [5, 5.41) is 3.24. The van der Waals surface area contributed by atoms with E-state index in [-0.39, 0.29) is 0 Å². The molecule has 1 aromatic heterocycles. The molecule has 0 bridgehead atoms. The Morgan fingerprint density at radius 2 is 2.36 bits per heavy atom. The van der Waals surface area contributed by atoms with Gasteiger partial charge in [-0.25, -0.2) is 4.98 Å². The van der Waals surface area contributed by atoms with E-state index < -0.39 is 0 Å². The Kier molecular flexibility index (Phi) is 2.77. The topological polar surface area (TPSA) is 30.0 Å². The molecule has 1 heterocycles. The molecular weight excluding hydrogens is 194 g/mol. The smallest absolute Gasteiger partial charge is 0.136 e. The Morgan fingerprint density at radius 3 is 2.93 bits per heavy atom. The van der Waals surface area contributed by atoms with Gasteiger partial charge in [0.25, 0.3) is 0 Å². The molecule has 0 saturated carbocycles. The number of aromatic nitrogens is 1. The summed E-state index contributed by atoms with van der Waals surface area (Å²) >= 11 is 1.71. The summed E-state index contributed by atoms with van der Waals surface area (Å²) in [5.74, 6) is 0.365. The van der Waals surface area contributed by atoms with Gasteiger partial charge in [-0.2, -0.15) is 0 Å². The predicted octanol–water partition coefficient (Wildman–Crippen LogP) is 2.67. The molecule has 1 aliphatic rings. The molecule has 0 N–H and O–H groups in total. The lowest BCUT2D eigenvalue weighted by atomic mass is 9.96. The molecule has 0 amide bonds. The van der Waals surface area contributed by atoms with Crippen molar-refractivity contribution in [2.24, 2.45) is 0 Å². The van der Waals surface area contributed by atoms with Crippen LogP contribution in [-0.2, 0) is 11.2 Å². The van der Waals surface area contributed by atoms with E-state index >= 15 is 0 Å². The molecule has 0 saturated heterocycles. The maximum atomic E-state index is 11.0. The van der Waals surface area contributed by atoms with Crippen molar-refractivity contribution in [1.29, 1.82) is 0 Å². The minimum atomic E-state index is 0.365. The minimum Gasteiger partial charge on any atom is -0.299 e. The van der Waals surface area contributed by atoms with Crippen molar-refractivity contribution in [1.82, 2.24) is 4.98 Å². The number of nitrogens with zero attached hydrogens (tertiary/aromatic N) is 1. The van der Waals surface area contributed by atoms with Gasteiger partial charge in [0, 0.05) is 30.3 Å². The summed E-state index contributed by atoms with van der Waals surface area (Å²) in [6.07, 6.45) is 5.28. The lowest BCUT2D eigenvalue weighted by molar-refractivity contribution is -0.118. The number of allylic oxidation sites excluding steroid dienone is 2. The highest BCUT2D eigenvalue weighted by Crippen LogP contribution is 2.21. The molecule has 0 atom stereocenters. The van der Waals surface area contributed by atoms with Crippen molar-refractivity contribution >= 4 is 17.1 Å². The predicted molar refractivity (Wildman–Crippen MR) is 57.5 cm³/mol. The Balaban J connectivity index is 2.01. The Labute approximate surface area is 87.7 Å². The zero-order valence-corrected chi connectivity index (χ0v) is 9.06. The average Bonchev–Trinajstić information content (AvgIpc) is 2.56. The molecule has 1 aromatic rings. The van der Waals surface area contributed by atoms with Crippen molar-refractivity contribution in [3.63, 3.8) is 0 Å². The van der Waals surface area contributed by atoms with E-state index in [0.29, 0.717) is 12.2 Å². The summed E-state index contributed by atoms with van der Waals surface area (Å²) in [4.78, 5) is 15.4. The number of aryl methyl sites for hydroxylation is 1. The first-order valence-electron chi connectivity index (χ1n) is 4.84. The SMILES string of the molecule is Cc1csc(CC2=CCC(=O)CC2)n1. The molecule has 14 heavy (non-hydrogen) atoms. The maximum absolute atomic E-state index is 11.0. The summed E-state index contributed by atoms with van der Waals surface area (Å²) in [6.45, 7) is 2.01. The molecule has 1 aliphatic carbocycles. The van der Waals surface area contributed by atoms with Crippen LogP contribution in [0.2, 0.25) is 0 Å². The largest absolute Gasteiger partial charge is 0.299 e. The fraction of sp³-hybridized carbons (Fsp3) is 0.455. The van der Waals surface area contributed by atoms with Gasteiger partial charge in [0.05, 0.1) is 5.01 Å². The van der Waals surface area contributed by atoms with Crippen LogP contribution in [0.3, 0.4) is 0 Å². The van der Waals surface area contributed by atoms with Gasteiger partial charge in [-0.15, -0.1) is 11.3 Å². The average molecular weight is 207 g/mol. The lowest BCUT2D eigenvalue weighted by Gasteiger charge is -2.10. The molecule has 0 fully saturated rings. The second kappa shape index (κ2) is 4.05. The van der Waals surface area contributed by atoms with Crippen LogP contribution in [-0.4, -0.2) is 10.8 Å². The minimum absolute atomic E-state index is 0.365. The number of ketones is 1. The van der Waals surface area contributed by atoms with E-state index in [2.05, 4.69) is 16.4 Å². The van der Waals surface area contributed by atoms with E-state index in [9.17, 15) is 4.79 Å². The molecular formula is C11H13NOS. The van der Waals surface area contributed by atoms with Gasteiger partial charge in [0.15, 0.2) is 0 Å². The highest BCUT2D eigenvalue weighted by atomic mass is 32.1. The number of hydrogen-bond acceptors (Lipinski definition) is 3. The first kappa shape index (κ1) is 9.59. The van der Waals surface area contributed by atoms with Crippen LogP contribution in [0, 0.1) is 6.92 Å². The maximum Gasteiger partial charge on any atom is 0.136 e. The van der Waals surface area contributed by atoms with Crippen LogP contribution < -0.4 is 0 Å². The van der Waals surface area contributed by atoms with Gasteiger partial charge in [-0.05, 0) is 13.3 Å². The zero-order chi connectivity index (χ0) is 9.97. The zero-order valence-electron chi connectivity index (χ0n) is 8.25. The Morgan fingerprint density at radius 1 is 1.50 bits per heavy atom. The van der Waals surface area contributed by atoms with Crippen LogP contribution >= 0.6 is 11.3 Å². The van der Waals surface area contributed by atoms with Gasteiger partial charge in [-0.1, -0.05) is 11.6 Å². The van der Waals surface area contributed by atoms with E-state index in [1.807, 2.05) is 6.92 Å². The number of hydrogen-bond donors (Lipinski definition) is 0. The number of carbonyl (C=O) groups is 1. The van der Waals surface area contributed by atoms with Crippen molar-refractivity contribution in [3.8, 4) is 0 Å². The summed E-state index contributed by atoms with van der Waals surface area (Å²) in [6, 6.07) is 0. The molecule has 0 aromatic carbocycles. The van der Waals surface area contributed by atoms with Crippen molar-refractivity contribution in [2.75, 3.05) is 0 Å². The highest BCUT2D eigenvalue weighted by molar-refractivity contribution is 7.09. The van der Waals surface area contributed by atoms with Gasteiger partial charge < -0.3 is 0 Å². The third-order valence-electron chi connectivity index (χ3n) is 2.39.